The van der Waals surface area contributed by atoms with Crippen LogP contribution in [0.4, 0.5) is 0 Å². The van der Waals surface area contributed by atoms with E-state index in [0.29, 0.717) is 6.54 Å². The molecule has 3 aromatic rings. The van der Waals surface area contributed by atoms with Crippen molar-refractivity contribution >= 4 is 10.9 Å². The van der Waals surface area contributed by atoms with Gasteiger partial charge in [0.2, 0.25) is 0 Å². The van der Waals surface area contributed by atoms with Gasteiger partial charge in [-0.2, -0.15) is 0 Å². The number of nitrogens with one attached hydrogen (secondary N) is 2. The first kappa shape index (κ1) is 10.9. The number of phenols is 1. The number of aryl methyl sites for hydroxylation is 1. The van der Waals surface area contributed by atoms with Crippen LogP contribution in [0.5, 0.6) is 5.75 Å². The first-order valence-electron chi connectivity index (χ1n) is 5.88. The van der Waals surface area contributed by atoms with Gasteiger partial charge in [-0.3, -0.25) is 0 Å². The maximum atomic E-state index is 9.78. The van der Waals surface area contributed by atoms with Gasteiger partial charge in [-0.1, -0.05) is 12.1 Å². The van der Waals surface area contributed by atoms with E-state index in [1.165, 1.54) is 0 Å². The zero-order valence-electron chi connectivity index (χ0n) is 10.1. The summed E-state index contributed by atoms with van der Waals surface area (Å²) in [5.41, 5.74) is 10.6. The van der Waals surface area contributed by atoms with Gasteiger partial charge in [0.1, 0.15) is 5.75 Å². The maximum absolute atomic E-state index is 9.78. The molecule has 4 nitrogen and oxygen atoms in total. The van der Waals surface area contributed by atoms with Crippen LogP contribution in [0.3, 0.4) is 0 Å². The number of aromatic amines is 2. The van der Waals surface area contributed by atoms with E-state index in [2.05, 4.69) is 9.97 Å². The van der Waals surface area contributed by atoms with Crippen molar-refractivity contribution in [2.45, 2.75) is 13.5 Å². The number of hydrogen-bond donors (Lipinski definition) is 4. The number of phenolic OH excluding ortho intramolecular Hbond substituents is 1. The van der Waals surface area contributed by atoms with Crippen LogP contribution in [0.2, 0.25) is 0 Å². The fourth-order valence-corrected chi connectivity index (χ4v) is 2.24. The Morgan fingerprint density at radius 3 is 2.61 bits per heavy atom. The Labute approximate surface area is 104 Å². The monoisotopic (exact) mass is 241 g/mol. The smallest absolute Gasteiger partial charge is 0.139 e. The molecule has 0 saturated carbocycles. The highest BCUT2D eigenvalue weighted by Crippen LogP contribution is 2.29. The van der Waals surface area contributed by atoms with Gasteiger partial charge in [-0.25, -0.2) is 0 Å². The van der Waals surface area contributed by atoms with Crippen molar-refractivity contribution < 1.29 is 5.11 Å². The lowest BCUT2D eigenvalue weighted by Gasteiger charge is -1.93. The molecular formula is C14H15N3O. The number of H-pyrrole nitrogens is 2. The SMILES string of the molecule is Cc1[nH]c(-c2cc3cccc(O)c3[nH]2)cc1CN. The molecule has 5 N–H and O–H groups in total. The summed E-state index contributed by atoms with van der Waals surface area (Å²) in [7, 11) is 0. The third kappa shape index (κ3) is 1.58. The van der Waals surface area contributed by atoms with Crippen molar-refractivity contribution in [3.63, 3.8) is 0 Å². The molecule has 92 valence electrons. The number of fused-ring (bicyclic) bond motifs is 1. The molecule has 3 rings (SSSR count). The number of aromatic hydroxyl groups is 1. The van der Waals surface area contributed by atoms with Crippen molar-refractivity contribution in [1.29, 1.82) is 0 Å². The fraction of sp³-hybridized carbons (Fsp3) is 0.143. The van der Waals surface area contributed by atoms with Crippen molar-refractivity contribution in [2.75, 3.05) is 0 Å². The van der Waals surface area contributed by atoms with E-state index in [1.54, 1.807) is 6.07 Å². The van der Waals surface area contributed by atoms with Crippen LogP contribution < -0.4 is 5.73 Å². The third-order valence-electron chi connectivity index (χ3n) is 3.27. The normalized spacial score (nSPS) is 11.2. The number of benzene rings is 1. The minimum Gasteiger partial charge on any atom is -0.506 e. The molecule has 0 spiro atoms. The standard InChI is InChI=1S/C14H15N3O/c1-8-10(7-15)6-11(16-8)12-5-9-3-2-4-13(18)14(9)17-12/h2-6,16-18H,7,15H2,1H3. The van der Waals surface area contributed by atoms with Crippen LogP contribution in [-0.2, 0) is 6.54 Å². The predicted octanol–water partition coefficient (Wildman–Crippen LogP) is 2.64. The fourth-order valence-electron chi connectivity index (χ4n) is 2.24. The molecule has 18 heavy (non-hydrogen) atoms. The van der Waals surface area contributed by atoms with Gasteiger partial charge in [0.25, 0.3) is 0 Å². The Morgan fingerprint density at radius 1 is 1.17 bits per heavy atom. The minimum atomic E-state index is 0.265. The molecule has 0 fully saturated rings. The van der Waals surface area contributed by atoms with Crippen LogP contribution in [-0.4, -0.2) is 15.1 Å². The molecule has 0 atom stereocenters. The van der Waals surface area contributed by atoms with Crippen LogP contribution >= 0.6 is 0 Å². The summed E-state index contributed by atoms with van der Waals surface area (Å²) in [6.07, 6.45) is 0. The topological polar surface area (TPSA) is 77.8 Å². The van der Waals surface area contributed by atoms with Crippen molar-refractivity contribution in [3.8, 4) is 17.1 Å². The van der Waals surface area contributed by atoms with Crippen LogP contribution in [0.25, 0.3) is 22.3 Å². The van der Waals surface area contributed by atoms with Crippen molar-refractivity contribution in [2.24, 2.45) is 5.73 Å². The lowest BCUT2D eigenvalue weighted by Crippen LogP contribution is -1.95. The second kappa shape index (κ2) is 3.92. The van der Waals surface area contributed by atoms with E-state index < -0.39 is 0 Å². The van der Waals surface area contributed by atoms with Gasteiger partial charge < -0.3 is 20.8 Å². The van der Waals surface area contributed by atoms with E-state index in [9.17, 15) is 5.11 Å². The Balaban J connectivity index is 2.16. The number of aromatic nitrogens is 2. The van der Waals surface area contributed by atoms with E-state index in [4.69, 9.17) is 5.73 Å². The summed E-state index contributed by atoms with van der Waals surface area (Å²) in [5, 5.41) is 10.8. The quantitative estimate of drug-likeness (QED) is 0.556. The first-order valence-corrected chi connectivity index (χ1v) is 5.88. The molecule has 0 amide bonds. The van der Waals surface area contributed by atoms with E-state index >= 15 is 0 Å². The van der Waals surface area contributed by atoms with Gasteiger partial charge >= 0.3 is 0 Å². The molecule has 0 aliphatic rings. The average molecular weight is 241 g/mol. The molecule has 0 saturated heterocycles. The maximum Gasteiger partial charge on any atom is 0.139 e. The molecule has 2 aromatic heterocycles. The van der Waals surface area contributed by atoms with Crippen LogP contribution in [0.1, 0.15) is 11.3 Å². The number of para-hydroxylation sites is 1. The molecule has 1 aromatic carbocycles. The van der Waals surface area contributed by atoms with Gasteiger partial charge in [0.15, 0.2) is 0 Å². The van der Waals surface area contributed by atoms with Gasteiger partial charge in [-0.15, -0.1) is 0 Å². The summed E-state index contributed by atoms with van der Waals surface area (Å²) in [4.78, 5) is 6.52. The van der Waals surface area contributed by atoms with Crippen molar-refractivity contribution in [3.05, 3.63) is 41.6 Å². The molecule has 0 radical (unpaired) electrons. The Hall–Kier alpha value is -2.20. The molecular weight excluding hydrogens is 226 g/mol. The minimum absolute atomic E-state index is 0.265. The largest absolute Gasteiger partial charge is 0.506 e. The van der Waals surface area contributed by atoms with E-state index in [1.807, 2.05) is 31.2 Å². The van der Waals surface area contributed by atoms with Gasteiger partial charge in [0, 0.05) is 17.6 Å². The summed E-state index contributed by atoms with van der Waals surface area (Å²) in [6, 6.07) is 9.53. The lowest BCUT2D eigenvalue weighted by molar-refractivity contribution is 0.480. The molecule has 4 heteroatoms. The van der Waals surface area contributed by atoms with Crippen LogP contribution in [0, 0.1) is 6.92 Å². The predicted molar refractivity (Wildman–Crippen MR) is 72.4 cm³/mol. The van der Waals surface area contributed by atoms with Crippen LogP contribution in [0.15, 0.2) is 30.3 Å². The summed E-state index contributed by atoms with van der Waals surface area (Å²) in [5.74, 6) is 0.265. The molecule has 0 aliphatic heterocycles. The Kier molecular flexibility index (Phi) is 2.38. The summed E-state index contributed by atoms with van der Waals surface area (Å²) >= 11 is 0. The number of rotatable bonds is 2. The zero-order chi connectivity index (χ0) is 12.7. The van der Waals surface area contributed by atoms with E-state index in [-0.39, 0.29) is 5.75 Å². The van der Waals surface area contributed by atoms with E-state index in [0.717, 1.165) is 33.5 Å². The molecule has 0 unspecified atom stereocenters. The average Bonchev–Trinajstić information content (AvgIpc) is 2.93. The highest BCUT2D eigenvalue weighted by Gasteiger charge is 2.09. The molecule has 0 bridgehead atoms. The first-order chi connectivity index (χ1) is 8.69. The third-order valence-corrected chi connectivity index (χ3v) is 3.27. The molecule has 0 aliphatic carbocycles. The van der Waals surface area contributed by atoms with Crippen molar-refractivity contribution in [1.82, 2.24) is 9.97 Å². The number of nitrogens with two attached hydrogens (primary N) is 1. The summed E-state index contributed by atoms with van der Waals surface area (Å²) in [6.45, 7) is 2.53. The lowest BCUT2D eigenvalue weighted by atomic mass is 10.2. The highest BCUT2D eigenvalue weighted by atomic mass is 16.3. The van der Waals surface area contributed by atoms with Gasteiger partial charge in [0.05, 0.1) is 16.9 Å². The van der Waals surface area contributed by atoms with Gasteiger partial charge in [-0.05, 0) is 30.7 Å². The zero-order valence-corrected chi connectivity index (χ0v) is 10.1. The second-order valence-electron chi connectivity index (χ2n) is 4.46. The summed E-state index contributed by atoms with van der Waals surface area (Å²) < 4.78 is 0. The molecule has 2 heterocycles. The Morgan fingerprint density at radius 2 is 1.94 bits per heavy atom. The highest BCUT2D eigenvalue weighted by molar-refractivity contribution is 5.89. The second-order valence-corrected chi connectivity index (χ2v) is 4.46. The number of hydrogen-bond acceptors (Lipinski definition) is 2. The Bertz CT molecular complexity index is 709.